The Bertz CT molecular complexity index is 1040. The number of rotatable bonds is 4. The maximum absolute atomic E-state index is 6.26. The van der Waals surface area contributed by atoms with Gasteiger partial charge in [0.2, 0.25) is 4.96 Å². The molecular formula is C16H14Cl2N6S. The SMILES string of the molecule is Cc1cc(C)n(Cc2nn3c(Cc4c(Cl)cccc4Cl)nnc3s2)n1. The van der Waals surface area contributed by atoms with Gasteiger partial charge in [0, 0.05) is 22.2 Å². The second-order valence-corrected chi connectivity index (χ2v) is 7.62. The first-order valence-corrected chi connectivity index (χ1v) is 9.22. The fourth-order valence-corrected chi connectivity index (χ4v) is 4.06. The van der Waals surface area contributed by atoms with Gasteiger partial charge >= 0.3 is 0 Å². The van der Waals surface area contributed by atoms with Crippen LogP contribution in [0.3, 0.4) is 0 Å². The molecule has 0 atom stereocenters. The van der Waals surface area contributed by atoms with Gasteiger partial charge in [-0.25, -0.2) is 0 Å². The molecule has 25 heavy (non-hydrogen) atoms. The van der Waals surface area contributed by atoms with Gasteiger partial charge in [-0.15, -0.1) is 10.2 Å². The largest absolute Gasteiger partial charge is 0.263 e. The highest BCUT2D eigenvalue weighted by Gasteiger charge is 2.16. The van der Waals surface area contributed by atoms with Crippen molar-refractivity contribution in [1.82, 2.24) is 29.6 Å². The summed E-state index contributed by atoms with van der Waals surface area (Å²) in [6, 6.07) is 7.50. The minimum Gasteiger partial charge on any atom is -0.263 e. The first kappa shape index (κ1) is 16.5. The van der Waals surface area contributed by atoms with E-state index in [9.17, 15) is 0 Å². The highest BCUT2D eigenvalue weighted by molar-refractivity contribution is 7.16. The molecule has 128 valence electrons. The van der Waals surface area contributed by atoms with E-state index in [-0.39, 0.29) is 0 Å². The van der Waals surface area contributed by atoms with E-state index in [2.05, 4.69) is 20.4 Å². The third kappa shape index (κ3) is 3.15. The van der Waals surface area contributed by atoms with E-state index in [1.165, 1.54) is 11.3 Å². The van der Waals surface area contributed by atoms with E-state index in [1.54, 1.807) is 4.52 Å². The number of halogens is 2. The van der Waals surface area contributed by atoms with Crippen LogP contribution in [0.2, 0.25) is 10.0 Å². The number of hydrogen-bond acceptors (Lipinski definition) is 5. The molecule has 6 nitrogen and oxygen atoms in total. The standard InChI is InChI=1S/C16H14Cl2N6S/c1-9-6-10(2)23(21-9)8-15-22-24-14(19-20-16(24)25-15)7-11-12(17)4-3-5-13(11)18/h3-6H,7-8H2,1-2H3. The average Bonchev–Trinajstić information content (AvgIpc) is 3.19. The summed E-state index contributed by atoms with van der Waals surface area (Å²) in [6.07, 6.45) is 0.475. The second kappa shape index (κ2) is 6.40. The molecule has 0 aliphatic heterocycles. The molecule has 0 saturated heterocycles. The number of benzene rings is 1. The van der Waals surface area contributed by atoms with Crippen molar-refractivity contribution in [1.29, 1.82) is 0 Å². The summed E-state index contributed by atoms with van der Waals surface area (Å²) in [7, 11) is 0. The molecule has 4 aromatic rings. The highest BCUT2D eigenvalue weighted by atomic mass is 35.5. The van der Waals surface area contributed by atoms with Gasteiger partial charge in [-0.1, -0.05) is 40.6 Å². The maximum Gasteiger partial charge on any atom is 0.234 e. The van der Waals surface area contributed by atoms with E-state index in [4.69, 9.17) is 23.2 Å². The van der Waals surface area contributed by atoms with Crippen LogP contribution in [0.5, 0.6) is 0 Å². The van der Waals surface area contributed by atoms with Crippen LogP contribution < -0.4 is 0 Å². The molecule has 4 rings (SSSR count). The Morgan fingerprint density at radius 2 is 1.84 bits per heavy atom. The Balaban J connectivity index is 1.66. The number of fused-ring (bicyclic) bond motifs is 1. The lowest BCUT2D eigenvalue weighted by Crippen LogP contribution is -2.05. The van der Waals surface area contributed by atoms with Crippen LogP contribution in [-0.4, -0.2) is 29.6 Å². The van der Waals surface area contributed by atoms with Crippen LogP contribution in [0.25, 0.3) is 4.96 Å². The quantitative estimate of drug-likeness (QED) is 0.527. The van der Waals surface area contributed by atoms with Gasteiger partial charge in [0.1, 0.15) is 5.01 Å². The minimum atomic E-state index is 0.475. The molecule has 0 fully saturated rings. The summed E-state index contributed by atoms with van der Waals surface area (Å²) in [5.74, 6) is 0.709. The lowest BCUT2D eigenvalue weighted by molar-refractivity contribution is 0.645. The maximum atomic E-state index is 6.26. The Hall–Kier alpha value is -1.96. The van der Waals surface area contributed by atoms with E-state index in [1.807, 2.05) is 42.8 Å². The molecule has 3 aromatic heterocycles. The normalized spacial score (nSPS) is 11.5. The first-order valence-electron chi connectivity index (χ1n) is 7.65. The average molecular weight is 393 g/mol. The van der Waals surface area contributed by atoms with Gasteiger partial charge in [-0.2, -0.15) is 14.7 Å². The lowest BCUT2D eigenvalue weighted by Gasteiger charge is -2.04. The molecule has 0 spiro atoms. The van der Waals surface area contributed by atoms with Gasteiger partial charge in [0.25, 0.3) is 0 Å². The zero-order chi connectivity index (χ0) is 17.6. The van der Waals surface area contributed by atoms with Gasteiger partial charge < -0.3 is 0 Å². The van der Waals surface area contributed by atoms with Crippen molar-refractivity contribution in [3.05, 3.63) is 62.1 Å². The van der Waals surface area contributed by atoms with Gasteiger partial charge in [-0.05, 0) is 37.6 Å². The van der Waals surface area contributed by atoms with Crippen molar-refractivity contribution in [3.8, 4) is 0 Å². The molecule has 0 aliphatic rings. The van der Waals surface area contributed by atoms with Crippen molar-refractivity contribution >= 4 is 39.5 Å². The van der Waals surface area contributed by atoms with E-state index in [0.29, 0.717) is 28.8 Å². The van der Waals surface area contributed by atoms with Crippen molar-refractivity contribution in [3.63, 3.8) is 0 Å². The monoisotopic (exact) mass is 392 g/mol. The number of nitrogens with zero attached hydrogens (tertiary/aromatic N) is 6. The van der Waals surface area contributed by atoms with E-state index >= 15 is 0 Å². The third-order valence-corrected chi connectivity index (χ3v) is 5.47. The molecule has 0 N–H and O–H groups in total. The van der Waals surface area contributed by atoms with Crippen LogP contribution >= 0.6 is 34.5 Å². The van der Waals surface area contributed by atoms with Gasteiger partial charge in [0.15, 0.2) is 5.82 Å². The summed E-state index contributed by atoms with van der Waals surface area (Å²) in [5, 5.41) is 19.7. The van der Waals surface area contributed by atoms with Crippen LogP contribution in [0, 0.1) is 13.8 Å². The van der Waals surface area contributed by atoms with Crippen molar-refractivity contribution < 1.29 is 0 Å². The highest BCUT2D eigenvalue weighted by Crippen LogP contribution is 2.27. The Morgan fingerprint density at radius 1 is 1.08 bits per heavy atom. The van der Waals surface area contributed by atoms with E-state index in [0.717, 1.165) is 26.9 Å². The summed E-state index contributed by atoms with van der Waals surface area (Å²) in [6.45, 7) is 4.62. The molecule has 0 unspecified atom stereocenters. The fraction of sp³-hybridized carbons (Fsp3) is 0.250. The second-order valence-electron chi connectivity index (χ2n) is 5.77. The van der Waals surface area contributed by atoms with Crippen LogP contribution in [-0.2, 0) is 13.0 Å². The third-order valence-electron chi connectivity index (χ3n) is 3.88. The van der Waals surface area contributed by atoms with Gasteiger partial charge in [0.05, 0.1) is 12.2 Å². The molecule has 0 aliphatic carbocycles. The van der Waals surface area contributed by atoms with E-state index < -0.39 is 0 Å². The summed E-state index contributed by atoms with van der Waals surface area (Å²) in [4.78, 5) is 0.745. The Labute approximate surface area is 158 Å². The first-order chi connectivity index (χ1) is 12.0. The molecule has 1 aromatic carbocycles. The predicted octanol–water partition coefficient (Wildman–Crippen LogP) is 3.95. The van der Waals surface area contributed by atoms with Gasteiger partial charge in [-0.3, -0.25) is 4.68 Å². The molecule has 0 bridgehead atoms. The van der Waals surface area contributed by atoms with Crippen LogP contribution in [0.4, 0.5) is 0 Å². The minimum absolute atomic E-state index is 0.475. The van der Waals surface area contributed by atoms with Crippen molar-refractivity contribution in [2.75, 3.05) is 0 Å². The molecule has 0 saturated carbocycles. The molecular weight excluding hydrogens is 379 g/mol. The summed E-state index contributed by atoms with van der Waals surface area (Å²) >= 11 is 14.0. The molecule has 9 heteroatoms. The topological polar surface area (TPSA) is 60.9 Å². The zero-order valence-electron chi connectivity index (χ0n) is 13.6. The zero-order valence-corrected chi connectivity index (χ0v) is 15.9. The van der Waals surface area contributed by atoms with Crippen molar-refractivity contribution in [2.24, 2.45) is 0 Å². The lowest BCUT2D eigenvalue weighted by atomic mass is 10.1. The van der Waals surface area contributed by atoms with Crippen LogP contribution in [0.1, 0.15) is 27.8 Å². The number of hydrogen-bond donors (Lipinski definition) is 0. The van der Waals surface area contributed by atoms with Crippen LogP contribution in [0.15, 0.2) is 24.3 Å². The number of aryl methyl sites for hydroxylation is 2. The fourth-order valence-electron chi connectivity index (χ4n) is 2.69. The Kier molecular flexibility index (Phi) is 4.23. The smallest absolute Gasteiger partial charge is 0.234 e. The summed E-state index contributed by atoms with van der Waals surface area (Å²) in [5.41, 5.74) is 2.93. The predicted molar refractivity (Wildman–Crippen MR) is 98.7 cm³/mol. The van der Waals surface area contributed by atoms with Crippen molar-refractivity contribution in [2.45, 2.75) is 26.8 Å². The molecule has 0 amide bonds. The number of aromatic nitrogens is 6. The molecule has 0 radical (unpaired) electrons. The Morgan fingerprint density at radius 3 is 2.52 bits per heavy atom. The summed E-state index contributed by atoms with van der Waals surface area (Å²) < 4.78 is 3.69. The molecule has 3 heterocycles.